The van der Waals surface area contributed by atoms with Crippen molar-refractivity contribution in [3.8, 4) is 0 Å². The number of unbranched alkanes of at least 4 members (excludes halogenated alkanes) is 1. The molecule has 0 radical (unpaired) electrons. The Bertz CT molecular complexity index is 381. The van der Waals surface area contributed by atoms with Crippen LogP contribution in [0.3, 0.4) is 0 Å². The van der Waals surface area contributed by atoms with E-state index < -0.39 is 27.8 Å². The van der Waals surface area contributed by atoms with Gasteiger partial charge in [-0.15, -0.1) is 0 Å². The van der Waals surface area contributed by atoms with E-state index in [1.165, 1.54) is 0 Å². The molecule has 0 aromatic rings. The van der Waals surface area contributed by atoms with Crippen LogP contribution in [0.4, 0.5) is 0 Å². The molecule has 0 amide bonds. The van der Waals surface area contributed by atoms with Gasteiger partial charge in [0.25, 0.3) is 10.1 Å². The van der Waals surface area contributed by atoms with Gasteiger partial charge < -0.3 is 9.53 Å². The molecule has 114 valence electrons. The molecule has 0 bridgehead atoms. The third-order valence-corrected chi connectivity index (χ3v) is 4.04. The first-order valence-corrected chi connectivity index (χ1v) is 7.93. The van der Waals surface area contributed by atoms with Gasteiger partial charge in [-0.25, -0.2) is 0 Å². The number of carbonyl (C=O) groups excluding carboxylic acids is 2. The molecule has 0 aromatic heterocycles. The first-order chi connectivity index (χ1) is 8.86. The summed E-state index contributed by atoms with van der Waals surface area (Å²) in [6, 6.07) is 0. The maximum atomic E-state index is 11.6. The number of ether oxygens (including phenoxy) is 1. The molecule has 0 fully saturated rings. The third-order valence-electron chi connectivity index (χ3n) is 2.94. The van der Waals surface area contributed by atoms with Crippen LogP contribution in [0.2, 0.25) is 0 Å². The van der Waals surface area contributed by atoms with Crippen molar-refractivity contribution in [2.45, 2.75) is 51.2 Å². The van der Waals surface area contributed by atoms with Crippen LogP contribution in [0.25, 0.3) is 0 Å². The fraction of sp³-hybridized carbons (Fsp3) is 0.833. The molecule has 0 saturated carbocycles. The summed E-state index contributed by atoms with van der Waals surface area (Å²) < 4.78 is 35.6. The molecule has 0 rings (SSSR count). The van der Waals surface area contributed by atoms with Gasteiger partial charge in [-0.1, -0.05) is 33.1 Å². The van der Waals surface area contributed by atoms with Crippen LogP contribution in [-0.2, 0) is 24.4 Å². The molecule has 0 aliphatic rings. The van der Waals surface area contributed by atoms with Crippen molar-refractivity contribution in [1.82, 2.24) is 0 Å². The first-order valence-electron chi connectivity index (χ1n) is 6.43. The van der Waals surface area contributed by atoms with E-state index in [2.05, 4.69) is 6.92 Å². The normalized spacial score (nSPS) is 13.9. The number of aldehydes is 1. The van der Waals surface area contributed by atoms with Gasteiger partial charge in [0.1, 0.15) is 6.29 Å². The van der Waals surface area contributed by atoms with E-state index in [9.17, 15) is 18.0 Å². The number of hydrogen-bond donors (Lipinski definition) is 1. The molecule has 0 heterocycles. The van der Waals surface area contributed by atoms with Gasteiger partial charge in [0.2, 0.25) is 0 Å². The van der Waals surface area contributed by atoms with E-state index in [0.29, 0.717) is 0 Å². The van der Waals surface area contributed by atoms with Crippen molar-refractivity contribution in [3.63, 3.8) is 0 Å². The summed E-state index contributed by atoms with van der Waals surface area (Å²) in [6.07, 6.45) is 3.43. The van der Waals surface area contributed by atoms with Gasteiger partial charge in [-0.2, -0.15) is 8.42 Å². The second-order valence-corrected chi connectivity index (χ2v) is 6.05. The van der Waals surface area contributed by atoms with Gasteiger partial charge in [0.05, 0.1) is 6.61 Å². The zero-order chi connectivity index (χ0) is 14.9. The summed E-state index contributed by atoms with van der Waals surface area (Å²) in [5, 5.41) is -1.81. The Morgan fingerprint density at radius 2 is 1.95 bits per heavy atom. The average molecular weight is 318 g/mol. The second-order valence-electron chi connectivity index (χ2n) is 4.45. The topological polar surface area (TPSA) is 97.7 Å². The quantitative estimate of drug-likeness (QED) is 0.279. The minimum absolute atomic E-state index is 0. The summed E-state index contributed by atoms with van der Waals surface area (Å²) in [4.78, 5) is 21.9. The van der Waals surface area contributed by atoms with Crippen LogP contribution in [0.1, 0.15) is 46.0 Å². The molecule has 0 spiro atoms. The zero-order valence-electron chi connectivity index (χ0n) is 11.4. The molecule has 8 heteroatoms. The predicted octanol–water partition coefficient (Wildman–Crippen LogP) is 0.943. The third kappa shape index (κ3) is 9.07. The van der Waals surface area contributed by atoms with E-state index in [-0.39, 0.29) is 48.4 Å². The van der Waals surface area contributed by atoms with E-state index in [1.54, 1.807) is 0 Å². The molecule has 2 atom stereocenters. The van der Waals surface area contributed by atoms with E-state index in [0.717, 1.165) is 25.7 Å². The van der Waals surface area contributed by atoms with Crippen LogP contribution in [0.15, 0.2) is 0 Å². The van der Waals surface area contributed by atoms with Crippen LogP contribution < -0.4 is 0 Å². The average Bonchev–Trinajstić information content (AvgIpc) is 2.34. The molecule has 0 aliphatic heterocycles. The first kappa shape index (κ1) is 22.3. The Hall–Kier alpha value is 0.0500. The summed E-state index contributed by atoms with van der Waals surface area (Å²) >= 11 is 0. The van der Waals surface area contributed by atoms with Crippen molar-refractivity contribution < 1.29 is 27.3 Å². The summed E-state index contributed by atoms with van der Waals surface area (Å²) in [6.45, 7) is 4.12. The minimum atomic E-state index is -4.60. The predicted molar refractivity (Wildman–Crippen MR) is 77.4 cm³/mol. The summed E-state index contributed by atoms with van der Waals surface area (Å²) in [5.74, 6) is -0.897. The second kappa shape index (κ2) is 11.7. The Morgan fingerprint density at radius 3 is 2.35 bits per heavy atom. The number of carbonyl (C=O) groups is 2. The van der Waals surface area contributed by atoms with Crippen molar-refractivity contribution in [1.29, 1.82) is 0 Å². The molecule has 6 nitrogen and oxygen atoms in total. The monoisotopic (exact) mass is 318 g/mol. The van der Waals surface area contributed by atoms with Crippen molar-refractivity contribution in [3.05, 3.63) is 0 Å². The molecular weight excluding hydrogens is 295 g/mol. The Kier molecular flexibility index (Phi) is 13.0. The maximum absolute atomic E-state index is 11.6. The van der Waals surface area contributed by atoms with Crippen molar-refractivity contribution in [2.75, 3.05) is 6.61 Å². The van der Waals surface area contributed by atoms with Crippen LogP contribution in [-0.4, -0.2) is 66.6 Å². The molecular formula is C12H23NaO6S. The van der Waals surface area contributed by atoms with Crippen molar-refractivity contribution in [2.24, 2.45) is 5.92 Å². The summed E-state index contributed by atoms with van der Waals surface area (Å²) in [5.41, 5.74) is 0. The van der Waals surface area contributed by atoms with Crippen LogP contribution in [0.5, 0.6) is 0 Å². The van der Waals surface area contributed by atoms with Gasteiger partial charge in [0, 0.05) is 6.42 Å². The van der Waals surface area contributed by atoms with Crippen LogP contribution in [0, 0.1) is 5.92 Å². The number of rotatable bonds is 10. The van der Waals surface area contributed by atoms with Crippen molar-refractivity contribution >= 4 is 51.9 Å². The van der Waals surface area contributed by atoms with E-state index in [4.69, 9.17) is 9.29 Å². The van der Waals surface area contributed by atoms with Gasteiger partial charge in [-0.05, 0) is 12.3 Å². The molecule has 20 heavy (non-hydrogen) atoms. The van der Waals surface area contributed by atoms with Gasteiger partial charge in [-0.3, -0.25) is 9.35 Å². The molecule has 2 unspecified atom stereocenters. The standard InChI is InChI=1S/C12H22O6S.Na.H/c1-3-5-6-10(4-2)9-18-12(14)11(7-8-13)19(15,16)17;;/h8,10-11H,3-7,9H2,1-2H3,(H,15,16,17);;. The Morgan fingerprint density at radius 1 is 1.35 bits per heavy atom. The van der Waals surface area contributed by atoms with E-state index >= 15 is 0 Å². The van der Waals surface area contributed by atoms with Gasteiger partial charge in [0.15, 0.2) is 5.25 Å². The Balaban J connectivity index is 0. The molecule has 0 saturated heterocycles. The molecule has 0 aliphatic carbocycles. The SMILES string of the molecule is CCCCC(CC)COC(=O)C(CC=O)S(=O)(=O)O.[NaH]. The van der Waals surface area contributed by atoms with Gasteiger partial charge >= 0.3 is 35.5 Å². The molecule has 1 N–H and O–H groups in total. The summed E-state index contributed by atoms with van der Waals surface area (Å²) in [7, 11) is -4.60. The zero-order valence-corrected chi connectivity index (χ0v) is 12.2. The fourth-order valence-corrected chi connectivity index (χ4v) is 2.25. The fourth-order valence-electron chi connectivity index (χ4n) is 1.62. The number of esters is 1. The molecule has 0 aromatic carbocycles. The van der Waals surface area contributed by atoms with Crippen LogP contribution >= 0.6 is 0 Å². The van der Waals surface area contributed by atoms with E-state index in [1.807, 2.05) is 6.92 Å². The Labute approximate surface area is 142 Å². The number of hydrogen-bond acceptors (Lipinski definition) is 5.